The fraction of sp³-hybridized carbons (Fsp3) is 0.500. The standard InChI is InChI=1S/C12H16BrNO/c1-11(2,14)12(6-7-12)10-8(13)4-3-5-9(10)15/h3-5,15H,6-7,14H2,1-2H3. The first-order valence-corrected chi connectivity index (χ1v) is 5.95. The average molecular weight is 270 g/mol. The summed E-state index contributed by atoms with van der Waals surface area (Å²) in [6.45, 7) is 4.05. The molecule has 0 atom stereocenters. The summed E-state index contributed by atoms with van der Waals surface area (Å²) >= 11 is 3.50. The van der Waals surface area contributed by atoms with Crippen molar-refractivity contribution in [3.05, 3.63) is 28.2 Å². The minimum absolute atomic E-state index is 0.0584. The molecule has 0 radical (unpaired) electrons. The van der Waals surface area contributed by atoms with Crippen molar-refractivity contribution in [3.8, 4) is 5.75 Å². The second kappa shape index (κ2) is 3.22. The van der Waals surface area contributed by atoms with Crippen molar-refractivity contribution in [2.24, 2.45) is 5.73 Å². The third-order valence-corrected chi connectivity index (χ3v) is 4.11. The van der Waals surface area contributed by atoms with Gasteiger partial charge in [-0.05, 0) is 38.8 Å². The van der Waals surface area contributed by atoms with Crippen LogP contribution in [0.2, 0.25) is 0 Å². The van der Waals surface area contributed by atoms with Gasteiger partial charge < -0.3 is 10.8 Å². The Labute approximate surface area is 98.6 Å². The fourth-order valence-electron chi connectivity index (χ4n) is 2.33. The number of aromatic hydroxyl groups is 1. The van der Waals surface area contributed by atoms with Crippen LogP contribution in [-0.2, 0) is 5.41 Å². The minimum Gasteiger partial charge on any atom is -0.508 e. The number of halogens is 1. The number of benzene rings is 1. The summed E-state index contributed by atoms with van der Waals surface area (Å²) in [6, 6.07) is 5.52. The maximum Gasteiger partial charge on any atom is 0.120 e. The lowest BCUT2D eigenvalue weighted by Gasteiger charge is -2.32. The van der Waals surface area contributed by atoms with Gasteiger partial charge in [-0.15, -0.1) is 0 Å². The van der Waals surface area contributed by atoms with Crippen molar-refractivity contribution in [1.29, 1.82) is 0 Å². The molecule has 0 heterocycles. The molecule has 1 fully saturated rings. The molecule has 0 bridgehead atoms. The Kier molecular flexibility index (Phi) is 2.36. The molecule has 0 spiro atoms. The molecule has 82 valence electrons. The van der Waals surface area contributed by atoms with E-state index in [0.717, 1.165) is 22.9 Å². The molecule has 1 aliphatic carbocycles. The molecule has 3 N–H and O–H groups in total. The Hall–Kier alpha value is -0.540. The summed E-state index contributed by atoms with van der Waals surface area (Å²) in [5.74, 6) is 0.348. The van der Waals surface area contributed by atoms with Crippen molar-refractivity contribution in [2.45, 2.75) is 37.6 Å². The lowest BCUT2D eigenvalue weighted by molar-refractivity contribution is 0.371. The van der Waals surface area contributed by atoms with E-state index in [9.17, 15) is 5.11 Å². The van der Waals surface area contributed by atoms with Gasteiger partial charge in [0.2, 0.25) is 0 Å². The normalized spacial score (nSPS) is 18.9. The highest BCUT2D eigenvalue weighted by Gasteiger charge is 2.55. The van der Waals surface area contributed by atoms with Crippen molar-refractivity contribution < 1.29 is 5.11 Å². The van der Waals surface area contributed by atoms with Gasteiger partial charge in [0.05, 0.1) is 0 Å². The fourth-order valence-corrected chi connectivity index (χ4v) is 3.06. The van der Waals surface area contributed by atoms with E-state index in [2.05, 4.69) is 15.9 Å². The molecule has 0 saturated heterocycles. The molecule has 0 amide bonds. The molecule has 3 heteroatoms. The minimum atomic E-state index is -0.297. The van der Waals surface area contributed by atoms with E-state index in [1.54, 1.807) is 6.07 Å². The largest absolute Gasteiger partial charge is 0.508 e. The van der Waals surface area contributed by atoms with Gasteiger partial charge in [0.25, 0.3) is 0 Å². The number of nitrogens with two attached hydrogens (primary N) is 1. The molecule has 0 unspecified atom stereocenters. The van der Waals surface area contributed by atoms with Gasteiger partial charge in [-0.2, -0.15) is 0 Å². The highest BCUT2D eigenvalue weighted by atomic mass is 79.9. The van der Waals surface area contributed by atoms with E-state index in [1.807, 2.05) is 26.0 Å². The molecule has 0 aliphatic heterocycles. The number of hydrogen-bond donors (Lipinski definition) is 2. The monoisotopic (exact) mass is 269 g/mol. The van der Waals surface area contributed by atoms with Gasteiger partial charge >= 0.3 is 0 Å². The first kappa shape index (κ1) is 11.0. The summed E-state index contributed by atoms with van der Waals surface area (Å²) in [6.07, 6.45) is 2.10. The van der Waals surface area contributed by atoms with E-state index in [0.29, 0.717) is 5.75 Å². The summed E-state index contributed by atoms with van der Waals surface area (Å²) in [4.78, 5) is 0. The Morgan fingerprint density at radius 1 is 1.40 bits per heavy atom. The highest BCUT2D eigenvalue weighted by molar-refractivity contribution is 9.10. The summed E-state index contributed by atoms with van der Waals surface area (Å²) < 4.78 is 0.957. The molecule has 1 saturated carbocycles. The number of phenolic OH excluding ortho intramolecular Hbond substituents is 1. The topological polar surface area (TPSA) is 46.2 Å². The Balaban J connectivity index is 2.56. The smallest absolute Gasteiger partial charge is 0.120 e. The van der Waals surface area contributed by atoms with Crippen LogP contribution in [0.1, 0.15) is 32.3 Å². The zero-order valence-corrected chi connectivity index (χ0v) is 10.6. The van der Waals surface area contributed by atoms with Crippen LogP contribution in [0.25, 0.3) is 0 Å². The van der Waals surface area contributed by atoms with Gasteiger partial charge in [0.1, 0.15) is 5.75 Å². The van der Waals surface area contributed by atoms with Gasteiger partial charge in [-0.3, -0.25) is 0 Å². The van der Waals surface area contributed by atoms with E-state index in [-0.39, 0.29) is 11.0 Å². The lowest BCUT2D eigenvalue weighted by atomic mass is 9.79. The Morgan fingerprint density at radius 2 is 2.00 bits per heavy atom. The van der Waals surface area contributed by atoms with Crippen LogP contribution in [0.4, 0.5) is 0 Å². The molecule has 15 heavy (non-hydrogen) atoms. The second-order valence-corrected chi connectivity index (χ2v) is 5.79. The van der Waals surface area contributed by atoms with Crippen LogP contribution in [-0.4, -0.2) is 10.6 Å². The third-order valence-electron chi connectivity index (χ3n) is 3.45. The van der Waals surface area contributed by atoms with Gasteiger partial charge in [0.15, 0.2) is 0 Å². The average Bonchev–Trinajstić information content (AvgIpc) is 2.83. The zero-order chi connectivity index (χ0) is 11.3. The summed E-state index contributed by atoms with van der Waals surface area (Å²) in [5.41, 5.74) is 6.83. The highest BCUT2D eigenvalue weighted by Crippen LogP contribution is 2.58. The molecule has 2 rings (SSSR count). The maximum absolute atomic E-state index is 9.94. The summed E-state index contributed by atoms with van der Waals surface area (Å²) in [5, 5.41) is 9.94. The first-order valence-electron chi connectivity index (χ1n) is 5.15. The van der Waals surface area contributed by atoms with Crippen LogP contribution < -0.4 is 5.73 Å². The van der Waals surface area contributed by atoms with Crippen LogP contribution >= 0.6 is 15.9 Å². The Morgan fingerprint density at radius 3 is 2.40 bits per heavy atom. The van der Waals surface area contributed by atoms with Gasteiger partial charge in [0, 0.05) is 21.0 Å². The summed E-state index contributed by atoms with van der Waals surface area (Å²) in [7, 11) is 0. The zero-order valence-electron chi connectivity index (χ0n) is 9.05. The van der Waals surface area contributed by atoms with E-state index < -0.39 is 0 Å². The van der Waals surface area contributed by atoms with Crippen LogP contribution in [0.3, 0.4) is 0 Å². The second-order valence-electron chi connectivity index (χ2n) is 4.94. The van der Waals surface area contributed by atoms with Gasteiger partial charge in [-0.25, -0.2) is 0 Å². The Bertz CT molecular complexity index is 371. The first-order chi connectivity index (χ1) is 6.88. The molecular formula is C12H16BrNO. The van der Waals surface area contributed by atoms with Crippen molar-refractivity contribution in [2.75, 3.05) is 0 Å². The predicted molar refractivity (Wildman–Crippen MR) is 65.0 cm³/mol. The quantitative estimate of drug-likeness (QED) is 0.868. The third kappa shape index (κ3) is 1.58. The van der Waals surface area contributed by atoms with E-state index >= 15 is 0 Å². The van der Waals surface area contributed by atoms with Crippen LogP contribution in [0.5, 0.6) is 5.75 Å². The number of phenols is 1. The molecule has 1 aromatic rings. The molecule has 0 aromatic heterocycles. The predicted octanol–water partition coefficient (Wildman–Crippen LogP) is 2.92. The number of rotatable bonds is 2. The lowest BCUT2D eigenvalue weighted by Crippen LogP contribution is -2.45. The van der Waals surface area contributed by atoms with Crippen LogP contribution in [0.15, 0.2) is 22.7 Å². The van der Waals surface area contributed by atoms with Crippen LogP contribution in [0, 0.1) is 0 Å². The van der Waals surface area contributed by atoms with Crippen molar-refractivity contribution >= 4 is 15.9 Å². The van der Waals surface area contributed by atoms with Gasteiger partial charge in [-0.1, -0.05) is 22.0 Å². The SMILES string of the molecule is CC(C)(N)C1(c2c(O)cccc2Br)CC1. The van der Waals surface area contributed by atoms with E-state index in [4.69, 9.17) is 5.73 Å². The maximum atomic E-state index is 9.94. The van der Waals surface area contributed by atoms with Crippen molar-refractivity contribution in [1.82, 2.24) is 0 Å². The van der Waals surface area contributed by atoms with Crippen molar-refractivity contribution in [3.63, 3.8) is 0 Å². The number of hydrogen-bond acceptors (Lipinski definition) is 2. The molecule has 1 aliphatic rings. The molecular weight excluding hydrogens is 254 g/mol. The van der Waals surface area contributed by atoms with E-state index in [1.165, 1.54) is 0 Å². The molecule has 1 aromatic carbocycles. The molecule has 2 nitrogen and oxygen atoms in total.